The van der Waals surface area contributed by atoms with Crippen LogP contribution in [0.3, 0.4) is 0 Å². The molecule has 1 N–H and O–H groups in total. The normalized spacial score (nSPS) is 13.0. The Morgan fingerprint density at radius 1 is 0.926 bits per heavy atom. The van der Waals surface area contributed by atoms with Crippen molar-refractivity contribution in [1.29, 1.82) is 0 Å². The number of benzene rings is 2. The van der Waals surface area contributed by atoms with Crippen molar-refractivity contribution in [3.63, 3.8) is 0 Å². The average Bonchev–Trinajstić information content (AvgIpc) is 2.73. The monoisotopic (exact) mass is 362 g/mol. The number of aromatic nitrogens is 2. The highest BCUT2D eigenvalue weighted by Gasteiger charge is 2.20. The zero-order chi connectivity index (χ0) is 18.6. The maximum atomic E-state index is 5.45. The summed E-state index contributed by atoms with van der Waals surface area (Å²) in [6.07, 6.45) is 2.53. The topological polar surface area (TPSA) is 59.5 Å². The van der Waals surface area contributed by atoms with Gasteiger partial charge in [-0.3, -0.25) is 0 Å². The lowest BCUT2D eigenvalue weighted by Crippen LogP contribution is -2.31. The molecule has 0 radical (unpaired) electrons. The third kappa shape index (κ3) is 3.65. The Hall–Kier alpha value is -3.28. The fourth-order valence-electron chi connectivity index (χ4n) is 3.34. The first-order valence-electron chi connectivity index (χ1n) is 8.89. The van der Waals surface area contributed by atoms with Gasteiger partial charge in [-0.05, 0) is 41.8 Å². The van der Waals surface area contributed by atoms with Gasteiger partial charge in [0.05, 0.1) is 14.2 Å². The van der Waals surface area contributed by atoms with Crippen molar-refractivity contribution in [3.8, 4) is 11.5 Å². The van der Waals surface area contributed by atoms with Gasteiger partial charge in [0.15, 0.2) is 11.5 Å². The van der Waals surface area contributed by atoms with Crippen LogP contribution in [-0.2, 0) is 13.0 Å². The maximum Gasteiger partial charge on any atom is 0.161 e. The highest BCUT2D eigenvalue weighted by Crippen LogP contribution is 2.34. The number of para-hydroxylation sites is 1. The molecule has 0 unspecified atom stereocenters. The highest BCUT2D eigenvalue weighted by molar-refractivity contribution is 5.60. The third-order valence-electron chi connectivity index (χ3n) is 4.74. The predicted molar refractivity (Wildman–Crippen MR) is 106 cm³/mol. The number of hydrogen-bond acceptors (Lipinski definition) is 6. The lowest BCUT2D eigenvalue weighted by molar-refractivity contribution is 0.353. The van der Waals surface area contributed by atoms with Gasteiger partial charge in [0, 0.05) is 24.8 Å². The van der Waals surface area contributed by atoms with Gasteiger partial charge in [-0.25, -0.2) is 9.97 Å². The maximum absolute atomic E-state index is 5.45. The molecule has 0 atom stereocenters. The minimum Gasteiger partial charge on any atom is -0.493 e. The summed E-state index contributed by atoms with van der Waals surface area (Å²) in [7, 11) is 3.33. The Bertz CT molecular complexity index is 931. The van der Waals surface area contributed by atoms with Crippen molar-refractivity contribution in [2.75, 3.05) is 31.0 Å². The Morgan fingerprint density at radius 2 is 1.67 bits per heavy atom. The van der Waals surface area contributed by atoms with Gasteiger partial charge in [0.1, 0.15) is 18.0 Å². The molecule has 138 valence electrons. The molecule has 2 aromatic carbocycles. The molecule has 27 heavy (non-hydrogen) atoms. The molecule has 0 amide bonds. The molecule has 1 aliphatic rings. The molecule has 0 spiro atoms. The fourth-order valence-corrected chi connectivity index (χ4v) is 3.34. The molecule has 6 nitrogen and oxygen atoms in total. The van der Waals surface area contributed by atoms with Crippen LogP contribution in [0.5, 0.6) is 11.5 Å². The Kier molecular flexibility index (Phi) is 4.78. The Morgan fingerprint density at radius 3 is 2.41 bits per heavy atom. The van der Waals surface area contributed by atoms with E-state index in [1.54, 1.807) is 20.5 Å². The number of methoxy groups -OCH3 is 2. The Balaban J connectivity index is 1.56. The van der Waals surface area contributed by atoms with Crippen molar-refractivity contribution in [1.82, 2.24) is 9.97 Å². The number of hydrogen-bond donors (Lipinski definition) is 1. The molecule has 0 bridgehead atoms. The number of nitrogens with one attached hydrogen (secondary N) is 1. The van der Waals surface area contributed by atoms with Crippen LogP contribution in [0.15, 0.2) is 54.9 Å². The largest absolute Gasteiger partial charge is 0.493 e. The summed E-state index contributed by atoms with van der Waals surface area (Å²) in [5.41, 5.74) is 3.53. The van der Waals surface area contributed by atoms with Crippen molar-refractivity contribution in [3.05, 3.63) is 66.0 Å². The number of rotatable bonds is 5. The van der Waals surface area contributed by atoms with Crippen molar-refractivity contribution in [2.45, 2.75) is 13.0 Å². The van der Waals surface area contributed by atoms with Gasteiger partial charge in [0.25, 0.3) is 0 Å². The third-order valence-corrected chi connectivity index (χ3v) is 4.74. The Labute approximate surface area is 158 Å². The number of nitrogens with zero attached hydrogens (tertiary/aromatic N) is 3. The van der Waals surface area contributed by atoms with E-state index in [4.69, 9.17) is 9.47 Å². The van der Waals surface area contributed by atoms with Crippen LogP contribution in [-0.4, -0.2) is 30.7 Å². The van der Waals surface area contributed by atoms with E-state index in [0.29, 0.717) is 0 Å². The van der Waals surface area contributed by atoms with Gasteiger partial charge in [-0.1, -0.05) is 18.2 Å². The molecular weight excluding hydrogens is 340 g/mol. The molecule has 0 aliphatic carbocycles. The van der Waals surface area contributed by atoms with Gasteiger partial charge in [-0.2, -0.15) is 0 Å². The minimum absolute atomic E-state index is 0.757. The second kappa shape index (κ2) is 7.53. The first kappa shape index (κ1) is 17.1. The SMILES string of the molecule is COc1cc2c(cc1OC)CN(c1cc(Nc3ccccc3)ncn1)CC2. The van der Waals surface area contributed by atoms with E-state index in [9.17, 15) is 0 Å². The minimum atomic E-state index is 0.757. The molecule has 0 saturated heterocycles. The average molecular weight is 362 g/mol. The number of ether oxygens (including phenoxy) is 2. The quantitative estimate of drug-likeness (QED) is 0.745. The number of fused-ring (bicyclic) bond motifs is 1. The highest BCUT2D eigenvalue weighted by atomic mass is 16.5. The van der Waals surface area contributed by atoms with Gasteiger partial charge in [-0.15, -0.1) is 0 Å². The van der Waals surface area contributed by atoms with E-state index in [1.807, 2.05) is 36.4 Å². The van der Waals surface area contributed by atoms with Crippen molar-refractivity contribution >= 4 is 17.3 Å². The summed E-state index contributed by atoms with van der Waals surface area (Å²) < 4.78 is 10.9. The molecule has 1 aromatic heterocycles. The lowest BCUT2D eigenvalue weighted by atomic mass is 9.99. The van der Waals surface area contributed by atoms with E-state index in [2.05, 4.69) is 32.3 Å². The van der Waals surface area contributed by atoms with Crippen molar-refractivity contribution < 1.29 is 9.47 Å². The molecule has 0 fully saturated rings. The first-order valence-corrected chi connectivity index (χ1v) is 8.89. The van der Waals surface area contributed by atoms with Gasteiger partial charge >= 0.3 is 0 Å². The van der Waals surface area contributed by atoms with Crippen LogP contribution in [0.1, 0.15) is 11.1 Å². The molecule has 2 heterocycles. The van der Waals surface area contributed by atoms with E-state index in [0.717, 1.165) is 48.3 Å². The van der Waals surface area contributed by atoms with Crippen LogP contribution in [0.2, 0.25) is 0 Å². The molecular formula is C21H22N4O2. The summed E-state index contributed by atoms with van der Waals surface area (Å²) in [6, 6.07) is 16.1. The summed E-state index contributed by atoms with van der Waals surface area (Å²) in [5, 5.41) is 3.32. The molecule has 4 rings (SSSR count). The van der Waals surface area contributed by atoms with E-state index >= 15 is 0 Å². The fraction of sp³-hybridized carbons (Fsp3) is 0.238. The van der Waals surface area contributed by atoms with E-state index in [-0.39, 0.29) is 0 Å². The molecule has 3 aromatic rings. The smallest absolute Gasteiger partial charge is 0.161 e. The van der Waals surface area contributed by atoms with E-state index in [1.165, 1.54) is 11.1 Å². The van der Waals surface area contributed by atoms with Crippen LogP contribution < -0.4 is 19.7 Å². The van der Waals surface area contributed by atoms with Crippen molar-refractivity contribution in [2.24, 2.45) is 0 Å². The molecule has 0 saturated carbocycles. The molecule has 1 aliphatic heterocycles. The first-order chi connectivity index (χ1) is 13.3. The predicted octanol–water partition coefficient (Wildman–Crippen LogP) is 3.80. The number of anilines is 3. The summed E-state index contributed by atoms with van der Waals surface area (Å²) >= 11 is 0. The standard InChI is InChI=1S/C21H22N4O2/c1-26-18-10-15-8-9-25(13-16(15)11-19(18)27-2)21-12-20(22-14-23-21)24-17-6-4-3-5-7-17/h3-7,10-12,14H,8-9,13H2,1-2H3,(H,22,23,24). The van der Waals surface area contributed by atoms with Crippen LogP contribution in [0.4, 0.5) is 17.3 Å². The van der Waals surface area contributed by atoms with E-state index < -0.39 is 0 Å². The summed E-state index contributed by atoms with van der Waals surface area (Å²) in [5.74, 6) is 3.22. The molecule has 6 heteroatoms. The summed E-state index contributed by atoms with van der Waals surface area (Å²) in [6.45, 7) is 1.67. The lowest BCUT2D eigenvalue weighted by Gasteiger charge is -2.30. The van der Waals surface area contributed by atoms with Gasteiger partial charge in [0.2, 0.25) is 0 Å². The van der Waals surface area contributed by atoms with Crippen LogP contribution >= 0.6 is 0 Å². The zero-order valence-corrected chi connectivity index (χ0v) is 15.5. The van der Waals surface area contributed by atoms with Gasteiger partial charge < -0.3 is 19.7 Å². The van der Waals surface area contributed by atoms with Crippen LogP contribution in [0.25, 0.3) is 0 Å². The van der Waals surface area contributed by atoms with Crippen LogP contribution in [0, 0.1) is 0 Å². The second-order valence-corrected chi connectivity index (χ2v) is 6.40. The zero-order valence-electron chi connectivity index (χ0n) is 15.5. The summed E-state index contributed by atoms with van der Waals surface area (Å²) in [4.78, 5) is 11.1. The second-order valence-electron chi connectivity index (χ2n) is 6.40.